The molecule has 19 heavy (non-hydrogen) atoms. The highest BCUT2D eigenvalue weighted by molar-refractivity contribution is 5.96. The van der Waals surface area contributed by atoms with Gasteiger partial charge in [0.05, 0.1) is 0 Å². The highest BCUT2D eigenvalue weighted by Crippen LogP contribution is 2.15. The first-order valence-electron chi connectivity index (χ1n) is 6.07. The summed E-state index contributed by atoms with van der Waals surface area (Å²) in [7, 11) is 0. The lowest BCUT2D eigenvalue weighted by atomic mass is 10.0. The summed E-state index contributed by atoms with van der Waals surface area (Å²) < 4.78 is 0. The maximum Gasteiger partial charge on any atom is 0.330 e. The molecule has 0 aromatic heterocycles. The number of aliphatic carboxylic acids is 1. The smallest absolute Gasteiger partial charge is 0.330 e. The molecule has 1 fully saturated rings. The summed E-state index contributed by atoms with van der Waals surface area (Å²) in [5, 5.41) is 14.8. The summed E-state index contributed by atoms with van der Waals surface area (Å²) in [6.45, 7) is 3.11. The molecule has 2 rings (SSSR count). The van der Waals surface area contributed by atoms with E-state index >= 15 is 0 Å². The van der Waals surface area contributed by atoms with E-state index in [1.165, 1.54) is 0 Å². The molecule has 1 atom stereocenters. The van der Waals surface area contributed by atoms with E-state index in [1.807, 2.05) is 0 Å². The van der Waals surface area contributed by atoms with Crippen molar-refractivity contribution in [1.82, 2.24) is 10.6 Å². The molecule has 0 bridgehead atoms. The van der Waals surface area contributed by atoms with Crippen LogP contribution >= 0.6 is 0 Å². The number of amides is 1. The van der Waals surface area contributed by atoms with Gasteiger partial charge in [-0.2, -0.15) is 0 Å². The summed E-state index contributed by atoms with van der Waals surface area (Å²) in [6.07, 6.45) is 0. The Balaban J connectivity index is 2.14. The SMILES string of the molecule is CC(C(=O)N[C@@H](C(=O)O)c1ccccc1)=C1CNC1. The quantitative estimate of drug-likeness (QED) is 0.701. The van der Waals surface area contributed by atoms with E-state index in [0.29, 0.717) is 24.2 Å². The number of carboxylic acid groups (broad SMARTS) is 1. The number of benzene rings is 1. The summed E-state index contributed by atoms with van der Waals surface area (Å²) >= 11 is 0. The third kappa shape index (κ3) is 3.00. The predicted molar refractivity (Wildman–Crippen MR) is 70.5 cm³/mol. The number of nitrogens with one attached hydrogen (secondary N) is 2. The van der Waals surface area contributed by atoms with Gasteiger partial charge in [-0.3, -0.25) is 4.79 Å². The minimum Gasteiger partial charge on any atom is -0.479 e. The van der Waals surface area contributed by atoms with E-state index in [9.17, 15) is 14.7 Å². The van der Waals surface area contributed by atoms with E-state index in [2.05, 4.69) is 10.6 Å². The number of carbonyl (C=O) groups is 2. The van der Waals surface area contributed by atoms with Crippen LogP contribution in [0.2, 0.25) is 0 Å². The molecule has 0 spiro atoms. The van der Waals surface area contributed by atoms with Crippen LogP contribution in [0.5, 0.6) is 0 Å². The van der Waals surface area contributed by atoms with Gasteiger partial charge >= 0.3 is 5.97 Å². The summed E-state index contributed by atoms with van der Waals surface area (Å²) in [6, 6.07) is 7.66. The van der Waals surface area contributed by atoms with E-state index < -0.39 is 12.0 Å². The van der Waals surface area contributed by atoms with Crippen molar-refractivity contribution < 1.29 is 14.7 Å². The second-order valence-electron chi connectivity index (χ2n) is 4.49. The van der Waals surface area contributed by atoms with Crippen LogP contribution in [-0.2, 0) is 9.59 Å². The van der Waals surface area contributed by atoms with Crippen LogP contribution in [0, 0.1) is 0 Å². The average molecular weight is 260 g/mol. The molecule has 1 amide bonds. The topological polar surface area (TPSA) is 78.4 Å². The van der Waals surface area contributed by atoms with Crippen LogP contribution in [0.25, 0.3) is 0 Å². The lowest BCUT2D eigenvalue weighted by Gasteiger charge is -2.22. The van der Waals surface area contributed by atoms with Crippen LogP contribution in [-0.4, -0.2) is 30.1 Å². The van der Waals surface area contributed by atoms with Crippen LogP contribution in [0.1, 0.15) is 18.5 Å². The Bertz CT molecular complexity index is 517. The van der Waals surface area contributed by atoms with E-state index in [4.69, 9.17) is 0 Å². The number of carboxylic acids is 1. The van der Waals surface area contributed by atoms with Crippen molar-refractivity contribution in [2.75, 3.05) is 13.1 Å². The lowest BCUT2D eigenvalue weighted by Crippen LogP contribution is -2.39. The van der Waals surface area contributed by atoms with Gasteiger partial charge in [-0.1, -0.05) is 30.3 Å². The second-order valence-corrected chi connectivity index (χ2v) is 4.49. The van der Waals surface area contributed by atoms with Crippen molar-refractivity contribution in [2.45, 2.75) is 13.0 Å². The summed E-state index contributed by atoms with van der Waals surface area (Å²) in [5.74, 6) is -1.39. The number of rotatable bonds is 4. The van der Waals surface area contributed by atoms with Crippen molar-refractivity contribution in [1.29, 1.82) is 0 Å². The Kier molecular flexibility index (Phi) is 3.97. The van der Waals surface area contributed by atoms with Crippen LogP contribution in [0.15, 0.2) is 41.5 Å². The van der Waals surface area contributed by atoms with Gasteiger partial charge in [0, 0.05) is 18.7 Å². The summed E-state index contributed by atoms with van der Waals surface area (Å²) in [5.41, 5.74) is 2.18. The van der Waals surface area contributed by atoms with Crippen molar-refractivity contribution in [3.63, 3.8) is 0 Å². The molecule has 0 saturated carbocycles. The van der Waals surface area contributed by atoms with Gasteiger partial charge in [-0.25, -0.2) is 4.79 Å². The molecule has 1 saturated heterocycles. The van der Waals surface area contributed by atoms with Gasteiger partial charge in [-0.15, -0.1) is 0 Å². The van der Waals surface area contributed by atoms with Gasteiger partial charge in [0.25, 0.3) is 0 Å². The fraction of sp³-hybridized carbons (Fsp3) is 0.286. The minimum atomic E-state index is -1.07. The normalized spacial score (nSPS) is 15.3. The molecule has 0 aliphatic carbocycles. The lowest BCUT2D eigenvalue weighted by molar-refractivity contribution is -0.141. The molecule has 5 heteroatoms. The zero-order valence-electron chi connectivity index (χ0n) is 10.6. The molecule has 1 aliphatic heterocycles. The molecule has 100 valence electrons. The zero-order valence-corrected chi connectivity index (χ0v) is 10.6. The molecule has 1 aromatic rings. The van der Waals surface area contributed by atoms with Gasteiger partial charge in [0.2, 0.25) is 5.91 Å². The third-order valence-electron chi connectivity index (χ3n) is 3.20. The molecule has 1 heterocycles. The van der Waals surface area contributed by atoms with Crippen molar-refractivity contribution in [2.24, 2.45) is 0 Å². The molecule has 3 N–H and O–H groups in total. The summed E-state index contributed by atoms with van der Waals surface area (Å²) in [4.78, 5) is 23.3. The number of carbonyl (C=O) groups excluding carboxylic acids is 1. The molecule has 5 nitrogen and oxygen atoms in total. The Hall–Kier alpha value is -2.14. The molecule has 0 unspecified atom stereocenters. The molecule has 1 aliphatic rings. The third-order valence-corrected chi connectivity index (χ3v) is 3.20. The monoisotopic (exact) mass is 260 g/mol. The molecule has 0 radical (unpaired) electrons. The zero-order chi connectivity index (χ0) is 13.8. The van der Waals surface area contributed by atoms with Gasteiger partial charge in [0.1, 0.15) is 0 Å². The van der Waals surface area contributed by atoms with Crippen LogP contribution < -0.4 is 10.6 Å². The Morgan fingerprint density at radius 3 is 2.37 bits per heavy atom. The highest BCUT2D eigenvalue weighted by Gasteiger charge is 2.24. The largest absolute Gasteiger partial charge is 0.479 e. The molecule has 1 aromatic carbocycles. The maximum atomic E-state index is 12.0. The van der Waals surface area contributed by atoms with Gasteiger partial charge in [-0.05, 0) is 18.1 Å². The number of hydrogen-bond donors (Lipinski definition) is 3. The first-order chi connectivity index (χ1) is 9.09. The Morgan fingerprint density at radius 1 is 1.26 bits per heavy atom. The van der Waals surface area contributed by atoms with Crippen LogP contribution in [0.3, 0.4) is 0 Å². The molecular weight excluding hydrogens is 244 g/mol. The van der Waals surface area contributed by atoms with E-state index in [0.717, 1.165) is 5.57 Å². The average Bonchev–Trinajstić information content (AvgIpc) is 2.34. The minimum absolute atomic E-state index is 0.326. The first kappa shape index (κ1) is 13.3. The van der Waals surface area contributed by atoms with Crippen LogP contribution in [0.4, 0.5) is 0 Å². The van der Waals surface area contributed by atoms with Gasteiger partial charge < -0.3 is 15.7 Å². The Labute approximate surface area is 111 Å². The van der Waals surface area contributed by atoms with Gasteiger partial charge in [0.15, 0.2) is 6.04 Å². The Morgan fingerprint density at radius 2 is 1.89 bits per heavy atom. The fourth-order valence-electron chi connectivity index (χ4n) is 1.85. The number of hydrogen-bond acceptors (Lipinski definition) is 3. The molecular formula is C14H16N2O3. The van der Waals surface area contributed by atoms with Crippen molar-refractivity contribution in [3.8, 4) is 0 Å². The maximum absolute atomic E-state index is 12.0. The first-order valence-corrected chi connectivity index (χ1v) is 6.07. The van der Waals surface area contributed by atoms with Crippen molar-refractivity contribution >= 4 is 11.9 Å². The van der Waals surface area contributed by atoms with Crippen molar-refractivity contribution in [3.05, 3.63) is 47.0 Å². The highest BCUT2D eigenvalue weighted by atomic mass is 16.4. The standard InChI is InChI=1S/C14H16N2O3/c1-9(11-7-15-8-11)13(17)16-12(14(18)19)10-5-3-2-4-6-10/h2-6,12,15H,7-8H2,1H3,(H,16,17)(H,18,19)/t12-/m1/s1. The fourth-order valence-corrected chi connectivity index (χ4v) is 1.85. The predicted octanol–water partition coefficient (Wildman–Crippen LogP) is 0.848. The van der Waals surface area contributed by atoms with E-state index in [-0.39, 0.29) is 5.91 Å². The van der Waals surface area contributed by atoms with E-state index in [1.54, 1.807) is 37.3 Å². The second kappa shape index (κ2) is 5.67.